The van der Waals surface area contributed by atoms with Crippen molar-refractivity contribution in [3.63, 3.8) is 0 Å². The Kier molecular flexibility index (Phi) is 2.78. The minimum atomic E-state index is -1.41. The Bertz CT molecular complexity index is 331. The van der Waals surface area contributed by atoms with Crippen molar-refractivity contribution in [3.05, 3.63) is 12.2 Å². The summed E-state index contributed by atoms with van der Waals surface area (Å²) in [6, 6.07) is 0. The highest BCUT2D eigenvalue weighted by Crippen LogP contribution is 2.35. The molecule has 2 aliphatic rings. The van der Waals surface area contributed by atoms with Crippen LogP contribution in [0.5, 0.6) is 0 Å². The summed E-state index contributed by atoms with van der Waals surface area (Å²) in [4.78, 5) is 25.8. The summed E-state index contributed by atoms with van der Waals surface area (Å²) in [7, 11) is -1.41. The van der Waals surface area contributed by atoms with Gasteiger partial charge in [0.15, 0.2) is 0 Å². The molecule has 4 heteroatoms. The van der Waals surface area contributed by atoms with Crippen molar-refractivity contribution >= 4 is 19.9 Å². The van der Waals surface area contributed by atoms with Gasteiger partial charge < -0.3 is 0 Å². The van der Waals surface area contributed by atoms with Gasteiger partial charge in [0.05, 0.1) is 19.9 Å². The Hall–Kier alpha value is -0.903. The molecule has 1 heterocycles. The zero-order valence-electron chi connectivity index (χ0n) is 10.2. The van der Waals surface area contributed by atoms with Gasteiger partial charge in [0.2, 0.25) is 11.8 Å². The van der Waals surface area contributed by atoms with Gasteiger partial charge in [0.1, 0.15) is 0 Å². The van der Waals surface area contributed by atoms with Crippen molar-refractivity contribution in [2.75, 3.05) is 6.17 Å². The van der Waals surface area contributed by atoms with E-state index >= 15 is 0 Å². The molecule has 2 rings (SSSR count). The van der Waals surface area contributed by atoms with E-state index in [1.807, 2.05) is 12.2 Å². The number of hydrogen-bond acceptors (Lipinski definition) is 2. The number of likely N-dealkylation sites (tertiary alicyclic amines) is 1. The van der Waals surface area contributed by atoms with E-state index in [4.69, 9.17) is 0 Å². The molecule has 3 nitrogen and oxygen atoms in total. The van der Waals surface area contributed by atoms with Crippen LogP contribution < -0.4 is 0 Å². The Morgan fingerprint density at radius 2 is 1.56 bits per heavy atom. The second-order valence-corrected chi connectivity index (χ2v) is 11.4. The summed E-state index contributed by atoms with van der Waals surface area (Å²) in [6.45, 7) is 6.56. The average Bonchev–Trinajstić information content (AvgIpc) is 2.43. The van der Waals surface area contributed by atoms with Crippen LogP contribution >= 0.6 is 0 Å². The van der Waals surface area contributed by atoms with Gasteiger partial charge in [-0.25, -0.2) is 0 Å². The fourth-order valence-electron chi connectivity index (χ4n) is 2.50. The summed E-state index contributed by atoms with van der Waals surface area (Å²) in [5.41, 5.74) is 0. The molecule has 0 aromatic rings. The van der Waals surface area contributed by atoms with E-state index in [0.717, 1.165) is 12.8 Å². The van der Waals surface area contributed by atoms with Crippen LogP contribution in [0.4, 0.5) is 0 Å². The maximum atomic E-state index is 12.1. The largest absolute Gasteiger partial charge is 0.285 e. The first-order valence-corrected chi connectivity index (χ1v) is 9.61. The van der Waals surface area contributed by atoms with E-state index in [-0.39, 0.29) is 23.7 Å². The molecule has 0 bridgehead atoms. The van der Waals surface area contributed by atoms with Crippen molar-refractivity contribution in [1.29, 1.82) is 0 Å². The molecule has 0 unspecified atom stereocenters. The number of imide groups is 1. The van der Waals surface area contributed by atoms with Gasteiger partial charge in [-0.05, 0) is 12.8 Å². The number of allylic oxidation sites excluding steroid dienone is 2. The molecule has 0 aromatic carbocycles. The molecular formula is C12H19NO2Si. The second-order valence-electron chi connectivity index (χ2n) is 5.98. The minimum Gasteiger partial charge on any atom is -0.285 e. The first-order chi connectivity index (χ1) is 7.40. The first kappa shape index (κ1) is 11.6. The highest BCUT2D eigenvalue weighted by molar-refractivity contribution is 6.76. The third kappa shape index (κ3) is 1.98. The summed E-state index contributed by atoms with van der Waals surface area (Å²) in [5, 5.41) is 0. The number of carbonyl (C=O) groups is 2. The SMILES string of the molecule is C[Si](C)(C)CN1C(=O)[C@H]2CC=CC[C@@H]2C1=O. The fraction of sp³-hybridized carbons (Fsp3) is 0.667. The van der Waals surface area contributed by atoms with E-state index in [2.05, 4.69) is 19.6 Å². The lowest BCUT2D eigenvalue weighted by Crippen LogP contribution is -2.43. The van der Waals surface area contributed by atoms with Gasteiger partial charge in [-0.1, -0.05) is 31.8 Å². The van der Waals surface area contributed by atoms with Gasteiger partial charge in [0, 0.05) is 6.17 Å². The predicted octanol–water partition coefficient (Wildman–Crippen LogP) is 1.81. The van der Waals surface area contributed by atoms with Crippen LogP contribution in [-0.4, -0.2) is 31.0 Å². The number of rotatable bonds is 2. The van der Waals surface area contributed by atoms with E-state index in [0.29, 0.717) is 6.17 Å². The van der Waals surface area contributed by atoms with Crippen molar-refractivity contribution in [2.45, 2.75) is 32.5 Å². The van der Waals surface area contributed by atoms with Crippen LogP contribution in [0.1, 0.15) is 12.8 Å². The molecule has 2 atom stereocenters. The van der Waals surface area contributed by atoms with Crippen molar-refractivity contribution in [1.82, 2.24) is 4.90 Å². The summed E-state index contributed by atoms with van der Waals surface area (Å²) in [6.07, 6.45) is 6.24. The third-order valence-corrected chi connectivity index (χ3v) is 4.50. The standard InChI is InChI=1S/C12H19NO2Si/c1-16(2,3)8-13-11(14)9-6-4-5-7-10(9)12(13)15/h4-5,9-10H,6-8H2,1-3H3/t9-,10-/m0/s1. The van der Waals surface area contributed by atoms with Crippen LogP contribution in [0.3, 0.4) is 0 Å². The molecule has 16 heavy (non-hydrogen) atoms. The normalized spacial score (nSPS) is 29.8. The lowest BCUT2D eigenvalue weighted by Gasteiger charge is -2.23. The van der Waals surface area contributed by atoms with Gasteiger partial charge in [-0.15, -0.1) is 0 Å². The summed E-state index contributed by atoms with van der Waals surface area (Å²) in [5.74, 6) is 0.0197. The number of hydrogen-bond donors (Lipinski definition) is 0. The van der Waals surface area contributed by atoms with E-state index in [1.165, 1.54) is 4.90 Å². The number of nitrogens with zero attached hydrogens (tertiary/aromatic N) is 1. The maximum Gasteiger partial charge on any atom is 0.233 e. The average molecular weight is 237 g/mol. The zero-order chi connectivity index (χ0) is 11.9. The highest BCUT2D eigenvalue weighted by Gasteiger charge is 2.47. The smallest absolute Gasteiger partial charge is 0.233 e. The number of amides is 2. The first-order valence-electron chi connectivity index (χ1n) is 5.90. The van der Waals surface area contributed by atoms with Crippen LogP contribution in [0, 0.1) is 11.8 Å². The van der Waals surface area contributed by atoms with Gasteiger partial charge in [-0.2, -0.15) is 0 Å². The van der Waals surface area contributed by atoms with Gasteiger partial charge >= 0.3 is 0 Å². The van der Waals surface area contributed by atoms with Crippen LogP contribution in [0.25, 0.3) is 0 Å². The molecule has 0 spiro atoms. The zero-order valence-corrected chi connectivity index (χ0v) is 11.2. The van der Waals surface area contributed by atoms with Crippen molar-refractivity contribution < 1.29 is 9.59 Å². The Morgan fingerprint density at radius 1 is 1.12 bits per heavy atom. The molecule has 1 fully saturated rings. The van der Waals surface area contributed by atoms with Gasteiger partial charge in [0.25, 0.3) is 0 Å². The quantitative estimate of drug-likeness (QED) is 0.417. The number of carbonyl (C=O) groups excluding carboxylic acids is 2. The Morgan fingerprint density at radius 3 is 1.94 bits per heavy atom. The highest BCUT2D eigenvalue weighted by atomic mass is 28.3. The maximum absolute atomic E-state index is 12.1. The van der Waals surface area contributed by atoms with E-state index in [1.54, 1.807) is 0 Å². The second kappa shape index (κ2) is 3.84. The van der Waals surface area contributed by atoms with Crippen molar-refractivity contribution in [2.24, 2.45) is 11.8 Å². The van der Waals surface area contributed by atoms with Crippen LogP contribution in [0.2, 0.25) is 19.6 Å². The van der Waals surface area contributed by atoms with Crippen LogP contribution in [-0.2, 0) is 9.59 Å². The molecule has 1 aliphatic heterocycles. The van der Waals surface area contributed by atoms with E-state index in [9.17, 15) is 9.59 Å². The molecule has 2 amide bonds. The predicted molar refractivity (Wildman–Crippen MR) is 65.4 cm³/mol. The monoisotopic (exact) mass is 237 g/mol. The molecule has 0 saturated carbocycles. The summed E-state index contributed by atoms with van der Waals surface area (Å²) >= 11 is 0. The van der Waals surface area contributed by atoms with E-state index < -0.39 is 8.07 Å². The Balaban J connectivity index is 2.18. The van der Waals surface area contributed by atoms with Crippen LogP contribution in [0.15, 0.2) is 12.2 Å². The molecule has 0 N–H and O–H groups in total. The number of fused-ring (bicyclic) bond motifs is 1. The molecule has 1 aliphatic carbocycles. The van der Waals surface area contributed by atoms with Crippen molar-refractivity contribution in [3.8, 4) is 0 Å². The summed E-state index contributed by atoms with van der Waals surface area (Å²) < 4.78 is 0. The molecular weight excluding hydrogens is 218 g/mol. The molecule has 0 aromatic heterocycles. The molecule has 88 valence electrons. The molecule has 1 saturated heterocycles. The van der Waals surface area contributed by atoms with Gasteiger partial charge in [-0.3, -0.25) is 14.5 Å². The lowest BCUT2D eigenvalue weighted by atomic mass is 9.85. The topological polar surface area (TPSA) is 37.4 Å². The fourth-order valence-corrected chi connectivity index (χ4v) is 3.76. The molecule has 0 radical (unpaired) electrons. The minimum absolute atomic E-state index is 0.0613. The Labute approximate surface area is 97.5 Å². The third-order valence-electron chi connectivity index (χ3n) is 3.23. The lowest BCUT2D eigenvalue weighted by molar-refractivity contribution is -0.138.